The van der Waals surface area contributed by atoms with E-state index in [-0.39, 0.29) is 6.42 Å². The van der Waals surface area contributed by atoms with E-state index in [1.54, 1.807) is 7.11 Å². The monoisotopic (exact) mass is 301 g/mol. The molecule has 1 aromatic heterocycles. The highest BCUT2D eigenvalue weighted by Crippen LogP contribution is 2.21. The summed E-state index contributed by atoms with van der Waals surface area (Å²) in [6, 6.07) is 0. The molecule has 0 bridgehead atoms. The Morgan fingerprint density at radius 1 is 1.30 bits per heavy atom. The quantitative estimate of drug-likeness (QED) is 0.633. The third-order valence-corrected chi connectivity index (χ3v) is 3.83. The summed E-state index contributed by atoms with van der Waals surface area (Å²) >= 11 is 1.47. The van der Waals surface area contributed by atoms with Crippen LogP contribution in [-0.2, 0) is 16.1 Å². The SMILES string of the molecule is CCCCCCN(CCC(=O)O)c1nnc(COC)s1. The van der Waals surface area contributed by atoms with Gasteiger partial charge in [0.1, 0.15) is 11.6 Å². The summed E-state index contributed by atoms with van der Waals surface area (Å²) in [6.45, 7) is 3.92. The Balaban J connectivity index is 2.56. The zero-order valence-corrected chi connectivity index (χ0v) is 13.0. The summed E-state index contributed by atoms with van der Waals surface area (Å²) in [5.41, 5.74) is 0. The minimum Gasteiger partial charge on any atom is -0.481 e. The lowest BCUT2D eigenvalue weighted by Crippen LogP contribution is -2.27. The third kappa shape index (κ3) is 6.29. The van der Waals surface area contributed by atoms with Gasteiger partial charge in [-0.3, -0.25) is 4.79 Å². The van der Waals surface area contributed by atoms with Gasteiger partial charge in [0.15, 0.2) is 0 Å². The van der Waals surface area contributed by atoms with Crippen LogP contribution >= 0.6 is 11.3 Å². The van der Waals surface area contributed by atoms with Crippen molar-refractivity contribution in [1.29, 1.82) is 0 Å². The second kappa shape index (κ2) is 9.66. The number of rotatable bonds is 11. The van der Waals surface area contributed by atoms with Crippen LogP contribution in [0, 0.1) is 0 Å². The molecule has 0 aliphatic rings. The molecule has 7 heteroatoms. The van der Waals surface area contributed by atoms with E-state index in [9.17, 15) is 4.79 Å². The molecule has 0 atom stereocenters. The number of carboxylic acids is 1. The number of anilines is 1. The average molecular weight is 301 g/mol. The molecule has 20 heavy (non-hydrogen) atoms. The van der Waals surface area contributed by atoms with Crippen molar-refractivity contribution < 1.29 is 14.6 Å². The molecule has 0 unspecified atom stereocenters. The lowest BCUT2D eigenvalue weighted by atomic mass is 10.2. The number of nitrogens with zero attached hydrogens (tertiary/aromatic N) is 3. The zero-order valence-electron chi connectivity index (χ0n) is 12.2. The van der Waals surface area contributed by atoms with Gasteiger partial charge >= 0.3 is 5.97 Å². The number of aliphatic carboxylic acids is 1. The van der Waals surface area contributed by atoms with Gasteiger partial charge in [-0.1, -0.05) is 37.5 Å². The second-order valence-electron chi connectivity index (χ2n) is 4.60. The van der Waals surface area contributed by atoms with E-state index >= 15 is 0 Å². The number of aromatic nitrogens is 2. The van der Waals surface area contributed by atoms with E-state index in [0.29, 0.717) is 13.2 Å². The van der Waals surface area contributed by atoms with Crippen LogP contribution in [0.1, 0.15) is 44.0 Å². The maximum absolute atomic E-state index is 10.7. The van der Waals surface area contributed by atoms with Crippen LogP contribution in [0.3, 0.4) is 0 Å². The Morgan fingerprint density at radius 3 is 2.75 bits per heavy atom. The van der Waals surface area contributed by atoms with Crippen molar-refractivity contribution >= 4 is 22.4 Å². The van der Waals surface area contributed by atoms with Crippen molar-refractivity contribution in [3.05, 3.63) is 5.01 Å². The molecule has 0 spiro atoms. The molecular formula is C13H23N3O3S. The zero-order chi connectivity index (χ0) is 14.8. The third-order valence-electron chi connectivity index (χ3n) is 2.87. The summed E-state index contributed by atoms with van der Waals surface area (Å²) < 4.78 is 5.03. The minimum absolute atomic E-state index is 0.118. The first-order valence-corrected chi connectivity index (χ1v) is 7.77. The molecule has 0 aliphatic carbocycles. The summed E-state index contributed by atoms with van der Waals surface area (Å²) in [5, 5.41) is 18.6. The van der Waals surface area contributed by atoms with Gasteiger partial charge in [0.2, 0.25) is 5.13 Å². The summed E-state index contributed by atoms with van der Waals surface area (Å²) in [4.78, 5) is 12.8. The first kappa shape index (κ1) is 16.8. The van der Waals surface area contributed by atoms with Crippen LogP contribution < -0.4 is 4.90 Å². The smallest absolute Gasteiger partial charge is 0.305 e. The number of hydrogen-bond donors (Lipinski definition) is 1. The highest BCUT2D eigenvalue weighted by Gasteiger charge is 2.13. The van der Waals surface area contributed by atoms with Gasteiger partial charge in [-0.15, -0.1) is 10.2 Å². The molecule has 0 fully saturated rings. The highest BCUT2D eigenvalue weighted by molar-refractivity contribution is 7.15. The maximum Gasteiger partial charge on any atom is 0.305 e. The first-order chi connectivity index (χ1) is 9.67. The molecular weight excluding hydrogens is 278 g/mol. The van der Waals surface area contributed by atoms with Gasteiger partial charge in [0, 0.05) is 20.2 Å². The van der Waals surface area contributed by atoms with E-state index in [1.807, 2.05) is 4.90 Å². The number of hydrogen-bond acceptors (Lipinski definition) is 6. The number of unbranched alkanes of at least 4 members (excludes halogenated alkanes) is 3. The van der Waals surface area contributed by atoms with Gasteiger partial charge in [-0.25, -0.2) is 0 Å². The van der Waals surface area contributed by atoms with Crippen LogP contribution in [0.2, 0.25) is 0 Å². The number of carboxylic acid groups (broad SMARTS) is 1. The van der Waals surface area contributed by atoms with E-state index < -0.39 is 5.97 Å². The van der Waals surface area contributed by atoms with Crippen molar-refractivity contribution in [3.63, 3.8) is 0 Å². The molecule has 0 radical (unpaired) electrons. The summed E-state index contributed by atoms with van der Waals surface area (Å²) in [7, 11) is 1.62. The molecule has 0 amide bonds. The van der Waals surface area contributed by atoms with Crippen LogP contribution in [0.25, 0.3) is 0 Å². The van der Waals surface area contributed by atoms with Crippen LogP contribution in [0.4, 0.5) is 5.13 Å². The largest absolute Gasteiger partial charge is 0.481 e. The van der Waals surface area contributed by atoms with Gasteiger partial charge in [-0.2, -0.15) is 0 Å². The van der Waals surface area contributed by atoms with E-state index in [4.69, 9.17) is 9.84 Å². The normalized spacial score (nSPS) is 10.7. The minimum atomic E-state index is -0.787. The number of methoxy groups -OCH3 is 1. The molecule has 114 valence electrons. The number of carbonyl (C=O) groups is 1. The molecule has 0 saturated carbocycles. The standard InChI is InChI=1S/C13H23N3O3S/c1-3-4-5-6-8-16(9-7-12(17)18)13-15-14-11(20-13)10-19-2/h3-10H2,1-2H3,(H,17,18). The predicted molar refractivity (Wildman–Crippen MR) is 79.2 cm³/mol. The summed E-state index contributed by atoms with van der Waals surface area (Å²) in [5.74, 6) is -0.787. The maximum atomic E-state index is 10.7. The fraction of sp³-hybridized carbons (Fsp3) is 0.769. The molecule has 0 aromatic carbocycles. The molecule has 0 saturated heterocycles. The lowest BCUT2D eigenvalue weighted by Gasteiger charge is -2.20. The topological polar surface area (TPSA) is 75.6 Å². The molecule has 1 N–H and O–H groups in total. The molecule has 1 rings (SSSR count). The van der Waals surface area contributed by atoms with Crippen molar-refractivity contribution in [1.82, 2.24) is 10.2 Å². The van der Waals surface area contributed by atoms with Gasteiger partial charge < -0.3 is 14.7 Å². The Morgan fingerprint density at radius 2 is 2.10 bits per heavy atom. The van der Waals surface area contributed by atoms with Crippen molar-refractivity contribution in [2.24, 2.45) is 0 Å². The number of ether oxygens (including phenoxy) is 1. The lowest BCUT2D eigenvalue weighted by molar-refractivity contribution is -0.136. The first-order valence-electron chi connectivity index (χ1n) is 6.95. The fourth-order valence-corrected chi connectivity index (χ4v) is 2.68. The molecule has 6 nitrogen and oxygen atoms in total. The summed E-state index contributed by atoms with van der Waals surface area (Å²) in [6.07, 6.45) is 4.72. The van der Waals surface area contributed by atoms with Gasteiger partial charge in [0.05, 0.1) is 6.42 Å². The Labute approximate surface area is 123 Å². The van der Waals surface area contributed by atoms with Crippen LogP contribution in [0.5, 0.6) is 0 Å². The predicted octanol–water partition coefficient (Wildman–Crippen LogP) is 2.55. The van der Waals surface area contributed by atoms with E-state index in [1.165, 1.54) is 24.2 Å². The molecule has 1 heterocycles. The van der Waals surface area contributed by atoms with Gasteiger partial charge in [0.25, 0.3) is 0 Å². The molecule has 0 aliphatic heterocycles. The van der Waals surface area contributed by atoms with Crippen molar-refractivity contribution in [2.45, 2.75) is 45.6 Å². The second-order valence-corrected chi connectivity index (χ2v) is 5.64. The Hall–Kier alpha value is -1.21. The van der Waals surface area contributed by atoms with Crippen LogP contribution in [0.15, 0.2) is 0 Å². The van der Waals surface area contributed by atoms with Crippen molar-refractivity contribution in [3.8, 4) is 0 Å². The fourth-order valence-electron chi connectivity index (χ4n) is 1.82. The Bertz CT molecular complexity index is 398. The van der Waals surface area contributed by atoms with Gasteiger partial charge in [-0.05, 0) is 6.42 Å². The van der Waals surface area contributed by atoms with E-state index in [2.05, 4.69) is 17.1 Å². The van der Waals surface area contributed by atoms with E-state index in [0.717, 1.165) is 29.5 Å². The van der Waals surface area contributed by atoms with Crippen LogP contribution in [-0.4, -0.2) is 41.5 Å². The van der Waals surface area contributed by atoms with Crippen molar-refractivity contribution in [2.75, 3.05) is 25.1 Å². The molecule has 1 aromatic rings. The average Bonchev–Trinajstić information content (AvgIpc) is 2.86. The Kier molecular flexibility index (Phi) is 8.13. The highest BCUT2D eigenvalue weighted by atomic mass is 32.1.